The van der Waals surface area contributed by atoms with Gasteiger partial charge in [0.05, 0.1) is 5.02 Å². The maximum absolute atomic E-state index is 14.1. The molecule has 0 aliphatic carbocycles. The Hall–Kier alpha value is -4.71. The maximum Gasteiger partial charge on any atom is 0.435 e. The summed E-state index contributed by atoms with van der Waals surface area (Å²) < 4.78 is 46.1. The van der Waals surface area contributed by atoms with Crippen molar-refractivity contribution in [3.63, 3.8) is 0 Å². The molecule has 4 amide bonds. The van der Waals surface area contributed by atoms with Gasteiger partial charge in [-0.15, -0.1) is 0 Å². The number of piperidine rings is 1. The van der Waals surface area contributed by atoms with Gasteiger partial charge in [0.15, 0.2) is 0 Å². The lowest BCUT2D eigenvalue weighted by atomic mass is 10.0. The number of benzene rings is 2. The lowest BCUT2D eigenvalue weighted by molar-refractivity contribution is -0.132. The molecule has 1 atom stereocenters. The number of amides is 4. The van der Waals surface area contributed by atoms with E-state index in [-0.39, 0.29) is 58.6 Å². The van der Waals surface area contributed by atoms with Crippen LogP contribution in [0.2, 0.25) is 10.0 Å². The summed E-state index contributed by atoms with van der Waals surface area (Å²) in [6.07, 6.45) is 1.03. The minimum absolute atomic E-state index is 0.0272. The Morgan fingerprint density at radius 3 is 2.33 bits per heavy atom. The van der Waals surface area contributed by atoms with Crippen LogP contribution in [0.1, 0.15) is 84.9 Å². The van der Waals surface area contributed by atoms with Crippen molar-refractivity contribution in [2.45, 2.75) is 115 Å². The number of sulfonamides is 1. The summed E-state index contributed by atoms with van der Waals surface area (Å²) in [5, 5.41) is 5.20. The van der Waals surface area contributed by atoms with Crippen molar-refractivity contribution >= 4 is 74.5 Å². The number of aliphatic imine (C=N–C) groups is 1. The zero-order chi connectivity index (χ0) is 44.0. The van der Waals surface area contributed by atoms with E-state index in [1.54, 1.807) is 52.5 Å². The molecule has 60 heavy (non-hydrogen) atoms. The Kier molecular flexibility index (Phi) is 14.9. The van der Waals surface area contributed by atoms with Crippen LogP contribution in [-0.4, -0.2) is 107 Å². The van der Waals surface area contributed by atoms with E-state index in [0.717, 1.165) is 17.4 Å². The fourth-order valence-electron chi connectivity index (χ4n) is 6.72. The lowest BCUT2D eigenvalue weighted by Gasteiger charge is -2.34. The molecule has 5 rings (SSSR count). The van der Waals surface area contributed by atoms with Gasteiger partial charge in [0.1, 0.15) is 46.4 Å². The first-order valence-electron chi connectivity index (χ1n) is 19.7. The fraction of sp³-hybridized carbons (Fsp3) is 0.512. The van der Waals surface area contributed by atoms with E-state index in [2.05, 4.69) is 20.7 Å². The van der Waals surface area contributed by atoms with E-state index >= 15 is 0 Å². The number of nitrogens with zero attached hydrogens (tertiary/aromatic N) is 5. The monoisotopic (exact) mass is 889 g/mol. The average Bonchev–Trinajstić information content (AvgIpc) is 3.66. The standard InChI is InChI=1S/C41H53Cl2N7O9S/c1-26-13-14-27-10-8-12-32(36(27)45-26)57-24-29-30(42)15-16-33(35(29)43)60(55,56)50-20-9-11-31(50)37(52)46-28-17-21-48(22-18-28)34(51)19-23-49(47-39(54)59-41(5,6)7)25-44-38(53)58-40(2,3)4/h8,10,12-16,25,28,31H,9,11,17-24H2,1-7H3,(H,46,52)(H,47,54)/t31-/m0/s1. The van der Waals surface area contributed by atoms with Gasteiger partial charge >= 0.3 is 12.2 Å². The fourth-order valence-corrected chi connectivity index (χ4v) is 9.24. The van der Waals surface area contributed by atoms with Gasteiger partial charge in [0, 0.05) is 60.3 Å². The molecule has 2 fully saturated rings. The van der Waals surface area contributed by atoms with Gasteiger partial charge in [-0.3, -0.25) is 14.6 Å². The normalized spacial score (nSPS) is 16.8. The van der Waals surface area contributed by atoms with Gasteiger partial charge in [-0.25, -0.2) is 28.4 Å². The summed E-state index contributed by atoms with van der Waals surface area (Å²) in [5.74, 6) is -0.159. The van der Waals surface area contributed by atoms with E-state index in [9.17, 15) is 27.6 Å². The second-order valence-corrected chi connectivity index (χ2v) is 19.3. The summed E-state index contributed by atoms with van der Waals surface area (Å²) in [7, 11) is -4.25. The number of rotatable bonds is 12. The topological polar surface area (TPSA) is 189 Å². The molecular weight excluding hydrogens is 837 g/mol. The SMILES string of the molecule is Cc1ccc2cccc(OCc3c(Cl)ccc(S(=O)(=O)N4CCC[C@H]4C(=O)NC4CCN(C(=O)CCN(C=NC(=O)OC(C)(C)C)NC(=O)OC(C)(C)C)CC4)c3Cl)c2n1. The van der Waals surface area contributed by atoms with Crippen LogP contribution < -0.4 is 15.5 Å². The first kappa shape index (κ1) is 46.4. The van der Waals surface area contributed by atoms with E-state index in [0.29, 0.717) is 50.0 Å². The number of fused-ring (bicyclic) bond motifs is 1. The molecule has 0 spiro atoms. The highest BCUT2D eigenvalue weighted by Gasteiger charge is 2.41. The van der Waals surface area contributed by atoms with Crippen LogP contribution in [-0.2, 0) is 35.7 Å². The van der Waals surface area contributed by atoms with Crippen molar-refractivity contribution < 1.29 is 41.8 Å². The van der Waals surface area contributed by atoms with E-state index in [1.165, 1.54) is 21.4 Å². The summed E-state index contributed by atoms with van der Waals surface area (Å²) >= 11 is 13.3. The van der Waals surface area contributed by atoms with Gasteiger partial charge in [-0.1, -0.05) is 41.4 Å². The molecule has 2 aromatic carbocycles. The molecule has 3 heterocycles. The first-order chi connectivity index (χ1) is 28.1. The van der Waals surface area contributed by atoms with Crippen LogP contribution in [0, 0.1) is 6.92 Å². The summed E-state index contributed by atoms with van der Waals surface area (Å²) in [5.41, 5.74) is 2.66. The van der Waals surface area contributed by atoms with Crippen LogP contribution >= 0.6 is 23.2 Å². The number of aromatic nitrogens is 1. The number of ether oxygens (including phenoxy) is 3. The highest BCUT2D eigenvalue weighted by atomic mass is 35.5. The Morgan fingerprint density at radius 1 is 0.950 bits per heavy atom. The zero-order valence-electron chi connectivity index (χ0n) is 34.9. The molecule has 0 saturated carbocycles. The Balaban J connectivity index is 1.17. The van der Waals surface area contributed by atoms with Crippen molar-refractivity contribution in [3.05, 3.63) is 63.8 Å². The van der Waals surface area contributed by atoms with Crippen molar-refractivity contribution in [2.75, 3.05) is 26.2 Å². The third-order valence-corrected chi connectivity index (χ3v) is 12.4. The molecule has 326 valence electrons. The molecule has 16 nitrogen and oxygen atoms in total. The first-order valence-corrected chi connectivity index (χ1v) is 21.9. The van der Waals surface area contributed by atoms with Crippen molar-refractivity contribution in [1.29, 1.82) is 0 Å². The molecular formula is C41H53Cl2N7O9S. The Bertz CT molecular complexity index is 2220. The molecule has 0 bridgehead atoms. The highest BCUT2D eigenvalue weighted by molar-refractivity contribution is 7.89. The number of likely N-dealkylation sites (tertiary alicyclic amines) is 1. The number of halogens is 2. The van der Waals surface area contributed by atoms with Gasteiger partial charge in [0.2, 0.25) is 21.8 Å². The number of hydrogen-bond donors (Lipinski definition) is 2. The number of hydrogen-bond acceptors (Lipinski definition) is 10. The van der Waals surface area contributed by atoms with E-state index in [4.69, 9.17) is 37.4 Å². The number of hydrazine groups is 1. The predicted molar refractivity (Wildman–Crippen MR) is 227 cm³/mol. The molecule has 0 unspecified atom stereocenters. The number of para-hydroxylation sites is 1. The second kappa shape index (κ2) is 19.3. The van der Waals surface area contributed by atoms with Gasteiger partial charge < -0.3 is 24.4 Å². The van der Waals surface area contributed by atoms with Crippen LogP contribution in [0.5, 0.6) is 5.75 Å². The molecule has 2 aliphatic rings. The molecule has 0 radical (unpaired) electrons. The van der Waals surface area contributed by atoms with Gasteiger partial charge in [-0.2, -0.15) is 9.30 Å². The van der Waals surface area contributed by atoms with Crippen LogP contribution in [0.3, 0.4) is 0 Å². The predicted octanol–water partition coefficient (Wildman–Crippen LogP) is 6.78. The highest BCUT2D eigenvalue weighted by Crippen LogP contribution is 2.36. The summed E-state index contributed by atoms with van der Waals surface area (Å²) in [4.78, 5) is 61.4. The molecule has 2 N–H and O–H groups in total. The number of carbonyl (C=O) groups is 4. The van der Waals surface area contributed by atoms with Gasteiger partial charge in [-0.05, 0) is 98.4 Å². The lowest BCUT2D eigenvalue weighted by Crippen LogP contribution is -2.52. The number of aryl methyl sites for hydroxylation is 1. The number of pyridine rings is 1. The quantitative estimate of drug-likeness (QED) is 0.111. The average molecular weight is 891 g/mol. The molecule has 1 aromatic heterocycles. The smallest absolute Gasteiger partial charge is 0.435 e. The largest absolute Gasteiger partial charge is 0.487 e. The van der Waals surface area contributed by atoms with E-state index < -0.39 is 45.4 Å². The van der Waals surface area contributed by atoms with Crippen LogP contribution in [0.15, 0.2) is 52.4 Å². The van der Waals surface area contributed by atoms with Crippen LogP contribution in [0.4, 0.5) is 9.59 Å². The molecule has 19 heteroatoms. The maximum atomic E-state index is 14.1. The number of carbonyl (C=O) groups excluding carboxylic acids is 4. The minimum atomic E-state index is -4.25. The zero-order valence-corrected chi connectivity index (χ0v) is 37.2. The van der Waals surface area contributed by atoms with E-state index in [1.807, 2.05) is 31.2 Å². The molecule has 3 aromatic rings. The molecule has 2 saturated heterocycles. The Labute approximate surface area is 360 Å². The van der Waals surface area contributed by atoms with Gasteiger partial charge in [0.25, 0.3) is 0 Å². The molecule has 2 aliphatic heterocycles. The summed E-state index contributed by atoms with van der Waals surface area (Å²) in [6, 6.07) is 10.9. The Morgan fingerprint density at radius 2 is 1.65 bits per heavy atom. The van der Waals surface area contributed by atoms with Crippen LogP contribution in [0.25, 0.3) is 10.9 Å². The third kappa shape index (κ3) is 12.4. The van der Waals surface area contributed by atoms with Crippen molar-refractivity contribution in [2.24, 2.45) is 4.99 Å². The minimum Gasteiger partial charge on any atom is -0.487 e. The third-order valence-electron chi connectivity index (χ3n) is 9.53. The number of nitrogens with one attached hydrogen (secondary N) is 2. The van der Waals surface area contributed by atoms with Crippen molar-refractivity contribution in [3.8, 4) is 5.75 Å². The van der Waals surface area contributed by atoms with Crippen molar-refractivity contribution in [1.82, 2.24) is 29.9 Å². The second-order valence-electron chi connectivity index (χ2n) is 16.6. The summed E-state index contributed by atoms with van der Waals surface area (Å²) in [6.45, 7) is 12.7.